The minimum atomic E-state index is 0.00360. The van der Waals surface area contributed by atoms with Gasteiger partial charge in [-0.15, -0.1) is 11.8 Å². The van der Waals surface area contributed by atoms with E-state index in [-0.39, 0.29) is 16.4 Å². The third-order valence-corrected chi connectivity index (χ3v) is 5.07. The molecule has 0 spiro atoms. The van der Waals surface area contributed by atoms with Gasteiger partial charge in [0.1, 0.15) is 11.5 Å². The molecule has 1 heterocycles. The zero-order chi connectivity index (χ0) is 14.3. The third-order valence-electron chi connectivity index (χ3n) is 3.91. The summed E-state index contributed by atoms with van der Waals surface area (Å²) in [7, 11) is 0. The Morgan fingerprint density at radius 3 is 2.80 bits per heavy atom. The van der Waals surface area contributed by atoms with E-state index in [0.717, 1.165) is 34.8 Å². The minimum absolute atomic E-state index is 0.00360. The fraction of sp³-hybridized carbons (Fsp3) is 0.471. The minimum Gasteiger partial charge on any atom is -0.461 e. The van der Waals surface area contributed by atoms with Crippen molar-refractivity contribution in [2.75, 3.05) is 5.75 Å². The van der Waals surface area contributed by atoms with Gasteiger partial charge < -0.3 is 4.74 Å². The summed E-state index contributed by atoms with van der Waals surface area (Å²) in [6.07, 6.45) is 1.47. The molecule has 0 amide bonds. The molecule has 1 aromatic carbocycles. The first-order valence-corrected chi connectivity index (χ1v) is 8.21. The number of hydrogen-bond donors (Lipinski definition) is 0. The Hall–Kier alpha value is -1.22. The Morgan fingerprint density at radius 1 is 1.30 bits per heavy atom. The molecule has 1 aliphatic heterocycles. The van der Waals surface area contributed by atoms with Crippen LogP contribution in [0.1, 0.15) is 44.4 Å². The van der Waals surface area contributed by atoms with Crippen LogP contribution in [0.25, 0.3) is 0 Å². The van der Waals surface area contributed by atoms with Crippen LogP contribution in [0.4, 0.5) is 0 Å². The standard InChI is InChI=1S/C17H20O2S/c1-4-20-16-11-7-5-6-8-13(11)19-14-10-17(2,3)9-12(18)15(14)16/h5-8,16H,4,9-10H2,1-3H3. The van der Waals surface area contributed by atoms with E-state index in [1.807, 2.05) is 30.0 Å². The molecule has 0 N–H and O–H groups in total. The van der Waals surface area contributed by atoms with Gasteiger partial charge in [0.2, 0.25) is 0 Å². The summed E-state index contributed by atoms with van der Waals surface area (Å²) in [4.78, 5) is 12.6. The number of ketones is 1. The van der Waals surface area contributed by atoms with E-state index in [2.05, 4.69) is 26.8 Å². The third kappa shape index (κ3) is 2.28. The first kappa shape index (κ1) is 13.7. The smallest absolute Gasteiger partial charge is 0.164 e. The topological polar surface area (TPSA) is 26.3 Å². The fourth-order valence-corrected chi connectivity index (χ4v) is 4.22. The number of para-hydroxylation sites is 1. The van der Waals surface area contributed by atoms with E-state index in [0.29, 0.717) is 6.42 Å². The van der Waals surface area contributed by atoms with Crippen molar-refractivity contribution in [3.05, 3.63) is 41.2 Å². The lowest BCUT2D eigenvalue weighted by molar-refractivity contribution is -0.118. The summed E-state index contributed by atoms with van der Waals surface area (Å²) in [5.41, 5.74) is 2.06. The molecule has 0 radical (unpaired) electrons. The molecular formula is C17H20O2S. The van der Waals surface area contributed by atoms with Crippen LogP contribution in [-0.4, -0.2) is 11.5 Å². The molecule has 0 saturated heterocycles. The van der Waals surface area contributed by atoms with Crippen molar-refractivity contribution in [3.8, 4) is 5.75 Å². The summed E-state index contributed by atoms with van der Waals surface area (Å²) in [6.45, 7) is 6.42. The van der Waals surface area contributed by atoms with E-state index in [1.54, 1.807) is 0 Å². The van der Waals surface area contributed by atoms with Crippen LogP contribution in [-0.2, 0) is 4.79 Å². The molecule has 1 atom stereocenters. The van der Waals surface area contributed by atoms with Crippen LogP contribution in [0.5, 0.6) is 5.75 Å². The highest BCUT2D eigenvalue weighted by atomic mass is 32.2. The molecule has 0 fully saturated rings. The average Bonchev–Trinajstić information content (AvgIpc) is 2.36. The van der Waals surface area contributed by atoms with E-state index >= 15 is 0 Å². The summed E-state index contributed by atoms with van der Waals surface area (Å²) in [5, 5.41) is 0.142. The Morgan fingerprint density at radius 2 is 2.05 bits per heavy atom. The molecule has 1 aromatic rings. The van der Waals surface area contributed by atoms with Crippen LogP contribution in [0.3, 0.4) is 0 Å². The predicted molar refractivity (Wildman–Crippen MR) is 83.0 cm³/mol. The molecule has 1 aliphatic carbocycles. The number of thioether (sulfide) groups is 1. The molecule has 3 rings (SSSR count). The first-order chi connectivity index (χ1) is 9.52. The summed E-state index contributed by atoms with van der Waals surface area (Å²) in [6, 6.07) is 8.11. The van der Waals surface area contributed by atoms with Gasteiger partial charge in [0.25, 0.3) is 0 Å². The lowest BCUT2D eigenvalue weighted by Gasteiger charge is -2.37. The van der Waals surface area contributed by atoms with Gasteiger partial charge in [-0.05, 0) is 17.2 Å². The average molecular weight is 288 g/mol. The van der Waals surface area contributed by atoms with E-state index in [9.17, 15) is 4.79 Å². The lowest BCUT2D eigenvalue weighted by atomic mass is 9.74. The van der Waals surface area contributed by atoms with Crippen molar-refractivity contribution < 1.29 is 9.53 Å². The van der Waals surface area contributed by atoms with Crippen molar-refractivity contribution in [3.63, 3.8) is 0 Å². The predicted octanol–water partition coefficient (Wildman–Crippen LogP) is 4.52. The molecule has 0 bridgehead atoms. The van der Waals surface area contributed by atoms with Crippen molar-refractivity contribution in [2.24, 2.45) is 5.41 Å². The highest BCUT2D eigenvalue weighted by molar-refractivity contribution is 7.99. The number of benzene rings is 1. The largest absolute Gasteiger partial charge is 0.461 e. The van der Waals surface area contributed by atoms with Gasteiger partial charge in [-0.3, -0.25) is 4.79 Å². The Kier molecular flexibility index (Phi) is 3.41. The highest BCUT2D eigenvalue weighted by Gasteiger charge is 2.41. The van der Waals surface area contributed by atoms with Gasteiger partial charge in [-0.2, -0.15) is 0 Å². The van der Waals surface area contributed by atoms with E-state index in [1.165, 1.54) is 0 Å². The molecule has 0 aromatic heterocycles. The zero-order valence-electron chi connectivity index (χ0n) is 12.2. The molecule has 20 heavy (non-hydrogen) atoms. The van der Waals surface area contributed by atoms with Crippen LogP contribution < -0.4 is 4.74 Å². The second-order valence-corrected chi connectivity index (χ2v) is 7.64. The van der Waals surface area contributed by atoms with Gasteiger partial charge in [0.05, 0.1) is 10.8 Å². The van der Waals surface area contributed by atoms with Crippen LogP contribution in [0, 0.1) is 5.41 Å². The SMILES string of the molecule is CCSC1C2=C(CC(C)(C)CC2=O)Oc2ccccc21. The van der Waals surface area contributed by atoms with Crippen LogP contribution in [0.15, 0.2) is 35.6 Å². The van der Waals surface area contributed by atoms with Gasteiger partial charge in [0.15, 0.2) is 5.78 Å². The highest BCUT2D eigenvalue weighted by Crippen LogP contribution is 2.51. The van der Waals surface area contributed by atoms with Crippen molar-refractivity contribution in [1.82, 2.24) is 0 Å². The molecular weight excluding hydrogens is 268 g/mol. The summed E-state index contributed by atoms with van der Waals surface area (Å²) >= 11 is 1.83. The van der Waals surface area contributed by atoms with E-state index < -0.39 is 0 Å². The number of allylic oxidation sites excluding steroid dienone is 1. The molecule has 3 heteroatoms. The van der Waals surface area contributed by atoms with Gasteiger partial charge in [0, 0.05) is 18.4 Å². The monoisotopic (exact) mass is 288 g/mol. The number of carbonyl (C=O) groups excluding carboxylic acids is 1. The first-order valence-electron chi connectivity index (χ1n) is 7.16. The molecule has 2 nitrogen and oxygen atoms in total. The number of fused-ring (bicyclic) bond motifs is 1. The summed E-state index contributed by atoms with van der Waals surface area (Å²) in [5.74, 6) is 3.07. The Labute approximate surface area is 124 Å². The number of ether oxygens (including phenoxy) is 1. The second kappa shape index (κ2) is 4.96. The van der Waals surface area contributed by atoms with E-state index in [4.69, 9.17) is 4.74 Å². The Balaban J connectivity index is 2.10. The lowest BCUT2D eigenvalue weighted by Crippen LogP contribution is -2.31. The van der Waals surface area contributed by atoms with Crippen LogP contribution in [0.2, 0.25) is 0 Å². The second-order valence-electron chi connectivity index (χ2n) is 6.25. The van der Waals surface area contributed by atoms with Gasteiger partial charge in [-0.25, -0.2) is 0 Å². The van der Waals surface area contributed by atoms with Crippen molar-refractivity contribution >= 4 is 17.5 Å². The van der Waals surface area contributed by atoms with Crippen LogP contribution >= 0.6 is 11.8 Å². The number of rotatable bonds is 2. The molecule has 0 saturated carbocycles. The maximum Gasteiger partial charge on any atom is 0.164 e. The van der Waals surface area contributed by atoms with Crippen molar-refractivity contribution in [2.45, 2.75) is 38.9 Å². The van der Waals surface area contributed by atoms with Gasteiger partial charge in [-0.1, -0.05) is 39.0 Å². The molecule has 2 aliphatic rings. The quantitative estimate of drug-likeness (QED) is 0.800. The maximum absolute atomic E-state index is 12.6. The fourth-order valence-electron chi connectivity index (χ4n) is 3.08. The molecule has 1 unspecified atom stereocenters. The number of hydrogen-bond acceptors (Lipinski definition) is 3. The Bertz CT molecular complexity index is 586. The maximum atomic E-state index is 12.6. The normalized spacial score (nSPS) is 23.9. The molecule has 106 valence electrons. The number of carbonyl (C=O) groups is 1. The summed E-state index contributed by atoms with van der Waals surface area (Å²) < 4.78 is 6.06. The number of Topliss-reactive ketones (excluding diaryl/α,β-unsaturated/α-hetero) is 1. The van der Waals surface area contributed by atoms with Gasteiger partial charge >= 0.3 is 0 Å². The van der Waals surface area contributed by atoms with Crippen molar-refractivity contribution in [1.29, 1.82) is 0 Å². The zero-order valence-corrected chi connectivity index (χ0v) is 13.0.